The fraction of sp³-hybridized carbons (Fsp3) is 0.625. The molecule has 0 radical (unpaired) electrons. The van der Waals surface area contributed by atoms with Crippen molar-refractivity contribution >= 4 is 15.9 Å². The molecule has 2 aromatic rings. The minimum absolute atomic E-state index is 0.00647. The number of nitrogens with zero attached hydrogens (tertiary/aromatic N) is 5. The molecule has 1 aliphatic heterocycles. The van der Waals surface area contributed by atoms with Gasteiger partial charge in [0.1, 0.15) is 10.6 Å². The molecule has 11 heteroatoms. The Morgan fingerprint density at radius 2 is 2.11 bits per heavy atom. The smallest absolute Gasteiger partial charge is 0.273 e. The van der Waals surface area contributed by atoms with Gasteiger partial charge in [-0.15, -0.1) is 5.10 Å². The lowest BCUT2D eigenvalue weighted by Gasteiger charge is -2.31. The molecule has 27 heavy (non-hydrogen) atoms. The van der Waals surface area contributed by atoms with Gasteiger partial charge in [0.15, 0.2) is 11.5 Å². The van der Waals surface area contributed by atoms with Gasteiger partial charge in [0.25, 0.3) is 5.91 Å². The van der Waals surface area contributed by atoms with Crippen LogP contribution in [0.25, 0.3) is 0 Å². The molecule has 2 aromatic heterocycles. The first-order valence-electron chi connectivity index (χ1n) is 8.86. The first-order valence-corrected chi connectivity index (χ1v) is 10.3. The van der Waals surface area contributed by atoms with Crippen LogP contribution in [-0.2, 0) is 10.0 Å². The summed E-state index contributed by atoms with van der Waals surface area (Å²) in [6, 6.07) is -0.199. The molecule has 0 saturated carbocycles. The number of aryl methyl sites for hydroxylation is 2. The van der Waals surface area contributed by atoms with Gasteiger partial charge in [0, 0.05) is 19.1 Å². The van der Waals surface area contributed by atoms with Crippen LogP contribution in [0.5, 0.6) is 0 Å². The van der Waals surface area contributed by atoms with E-state index in [0.717, 1.165) is 6.42 Å². The van der Waals surface area contributed by atoms with Gasteiger partial charge in [0.2, 0.25) is 10.0 Å². The van der Waals surface area contributed by atoms with Gasteiger partial charge in [-0.3, -0.25) is 4.79 Å². The number of sulfonamides is 1. The van der Waals surface area contributed by atoms with Crippen molar-refractivity contribution in [2.45, 2.75) is 57.5 Å². The zero-order chi connectivity index (χ0) is 19.8. The second-order valence-electron chi connectivity index (χ2n) is 7.02. The second kappa shape index (κ2) is 7.39. The predicted molar refractivity (Wildman–Crippen MR) is 95.6 cm³/mol. The van der Waals surface area contributed by atoms with E-state index in [-0.39, 0.29) is 40.9 Å². The lowest BCUT2D eigenvalue weighted by atomic mass is 10.1. The number of hydrogen-bond acceptors (Lipinski definition) is 7. The zero-order valence-electron chi connectivity index (χ0n) is 15.8. The van der Waals surface area contributed by atoms with E-state index in [1.807, 2.05) is 13.8 Å². The van der Waals surface area contributed by atoms with Gasteiger partial charge in [0.05, 0.1) is 12.2 Å². The summed E-state index contributed by atoms with van der Waals surface area (Å²) in [7, 11) is -3.71. The van der Waals surface area contributed by atoms with Crippen LogP contribution >= 0.6 is 0 Å². The quantitative estimate of drug-likeness (QED) is 0.801. The zero-order valence-corrected chi connectivity index (χ0v) is 16.7. The van der Waals surface area contributed by atoms with Gasteiger partial charge >= 0.3 is 0 Å². The molecule has 0 spiro atoms. The van der Waals surface area contributed by atoms with E-state index < -0.39 is 10.0 Å². The van der Waals surface area contributed by atoms with Crippen molar-refractivity contribution in [1.29, 1.82) is 0 Å². The monoisotopic (exact) mass is 396 g/mol. The van der Waals surface area contributed by atoms with Crippen molar-refractivity contribution in [2.24, 2.45) is 0 Å². The van der Waals surface area contributed by atoms with Crippen LogP contribution in [0.4, 0.5) is 0 Å². The molecule has 0 aliphatic carbocycles. The van der Waals surface area contributed by atoms with E-state index >= 15 is 0 Å². The molecule has 1 N–H and O–H groups in total. The largest absolute Gasteiger partial charge is 0.360 e. The van der Waals surface area contributed by atoms with Gasteiger partial charge in [-0.25, -0.2) is 13.1 Å². The molecule has 148 valence electrons. The normalized spacial score (nSPS) is 18.8. The van der Waals surface area contributed by atoms with Gasteiger partial charge < -0.3 is 9.84 Å². The summed E-state index contributed by atoms with van der Waals surface area (Å²) >= 11 is 0. The maximum atomic E-state index is 13.0. The molecule has 10 nitrogen and oxygen atoms in total. The van der Waals surface area contributed by atoms with Crippen molar-refractivity contribution in [2.75, 3.05) is 13.1 Å². The molecular formula is C16H24N6O4S. The highest BCUT2D eigenvalue weighted by molar-refractivity contribution is 7.89. The van der Waals surface area contributed by atoms with Crippen LogP contribution in [0.2, 0.25) is 0 Å². The van der Waals surface area contributed by atoms with Crippen LogP contribution in [0.3, 0.4) is 0 Å². The third-order valence-electron chi connectivity index (χ3n) is 4.46. The Morgan fingerprint density at radius 3 is 2.74 bits per heavy atom. The number of aromatic nitrogens is 4. The highest BCUT2D eigenvalue weighted by Gasteiger charge is 2.35. The Hall–Kier alpha value is -2.27. The van der Waals surface area contributed by atoms with Crippen molar-refractivity contribution < 1.29 is 17.7 Å². The fourth-order valence-electron chi connectivity index (χ4n) is 3.22. The predicted octanol–water partition coefficient (Wildman–Crippen LogP) is 1.05. The Labute approximate surface area is 157 Å². The number of rotatable bonds is 5. The Morgan fingerprint density at radius 1 is 1.37 bits per heavy atom. The maximum Gasteiger partial charge on any atom is 0.273 e. The number of hydrogen-bond donors (Lipinski definition) is 1. The molecule has 0 aromatic carbocycles. The molecule has 1 fully saturated rings. The highest BCUT2D eigenvalue weighted by atomic mass is 32.2. The van der Waals surface area contributed by atoms with E-state index in [1.54, 1.807) is 24.7 Å². The van der Waals surface area contributed by atoms with E-state index in [4.69, 9.17) is 4.52 Å². The van der Waals surface area contributed by atoms with E-state index in [1.165, 1.54) is 4.31 Å². The first-order chi connectivity index (χ1) is 12.7. The molecule has 0 unspecified atom stereocenters. The van der Waals surface area contributed by atoms with Gasteiger partial charge in [-0.1, -0.05) is 10.4 Å². The fourth-order valence-corrected chi connectivity index (χ4v) is 5.03. The molecule has 3 rings (SSSR count). The number of amides is 1. The SMILES string of the molecule is Cc1noc(C)c1S(=O)(=O)N1CCC[C@@H](n2cc(C(=O)NC(C)C)nn2)C1. The van der Waals surface area contributed by atoms with Crippen molar-refractivity contribution in [3.05, 3.63) is 23.3 Å². The summed E-state index contributed by atoms with van der Waals surface area (Å²) in [4.78, 5) is 12.2. The minimum Gasteiger partial charge on any atom is -0.360 e. The first kappa shape index (κ1) is 19.5. The molecule has 1 saturated heterocycles. The average Bonchev–Trinajstić information content (AvgIpc) is 3.22. The van der Waals surface area contributed by atoms with Gasteiger partial charge in [-0.2, -0.15) is 4.31 Å². The summed E-state index contributed by atoms with van der Waals surface area (Å²) < 4.78 is 34.0. The van der Waals surface area contributed by atoms with Crippen LogP contribution < -0.4 is 5.32 Å². The van der Waals surface area contributed by atoms with Crippen LogP contribution in [0.1, 0.15) is 54.7 Å². The summed E-state index contributed by atoms with van der Waals surface area (Å²) in [5.74, 6) is -0.0183. The van der Waals surface area contributed by atoms with E-state index in [2.05, 4.69) is 20.8 Å². The molecule has 1 amide bonds. The van der Waals surface area contributed by atoms with Crippen LogP contribution in [0, 0.1) is 13.8 Å². The maximum absolute atomic E-state index is 13.0. The van der Waals surface area contributed by atoms with Crippen molar-refractivity contribution in [3.8, 4) is 0 Å². The molecule has 1 aliphatic rings. The second-order valence-corrected chi connectivity index (χ2v) is 8.90. The van der Waals surface area contributed by atoms with E-state index in [0.29, 0.717) is 18.7 Å². The van der Waals surface area contributed by atoms with E-state index in [9.17, 15) is 13.2 Å². The average molecular weight is 396 g/mol. The highest BCUT2D eigenvalue weighted by Crippen LogP contribution is 2.29. The molecular weight excluding hydrogens is 372 g/mol. The standard InChI is InChI=1S/C16H24N6O4S/c1-10(2)17-16(23)14-9-22(20-18-14)13-6-5-7-21(8-13)27(24,25)15-11(3)19-26-12(15)4/h9-10,13H,5-8H2,1-4H3,(H,17,23)/t13-/m1/s1. The van der Waals surface area contributed by atoms with Gasteiger partial charge in [-0.05, 0) is 40.5 Å². The Kier molecular flexibility index (Phi) is 5.33. The lowest BCUT2D eigenvalue weighted by molar-refractivity contribution is 0.0938. The Balaban J connectivity index is 1.79. The van der Waals surface area contributed by atoms with Crippen LogP contribution in [0.15, 0.2) is 15.6 Å². The lowest BCUT2D eigenvalue weighted by Crippen LogP contribution is -2.41. The summed E-state index contributed by atoms with van der Waals surface area (Å²) in [5.41, 5.74) is 0.567. The summed E-state index contributed by atoms with van der Waals surface area (Å²) in [6.45, 7) is 7.59. The summed E-state index contributed by atoms with van der Waals surface area (Å²) in [6.07, 6.45) is 3.00. The summed E-state index contributed by atoms with van der Waals surface area (Å²) in [5, 5.41) is 14.5. The molecule has 0 bridgehead atoms. The third kappa shape index (κ3) is 3.88. The van der Waals surface area contributed by atoms with Crippen molar-refractivity contribution in [1.82, 2.24) is 29.8 Å². The minimum atomic E-state index is -3.71. The number of piperidine rings is 1. The number of carbonyl (C=O) groups is 1. The molecule has 1 atom stereocenters. The van der Waals surface area contributed by atoms with Crippen molar-refractivity contribution in [3.63, 3.8) is 0 Å². The number of carbonyl (C=O) groups excluding carboxylic acids is 1. The third-order valence-corrected chi connectivity index (χ3v) is 6.57. The van der Waals surface area contributed by atoms with Crippen LogP contribution in [-0.4, -0.2) is 57.9 Å². The topological polar surface area (TPSA) is 123 Å². The number of nitrogens with one attached hydrogen (secondary N) is 1. The Bertz CT molecular complexity index is 913. The molecule has 3 heterocycles.